The molecule has 0 saturated carbocycles. The summed E-state index contributed by atoms with van der Waals surface area (Å²) in [5, 5.41) is 9.20. The van der Waals surface area contributed by atoms with Gasteiger partial charge in [-0.2, -0.15) is 0 Å². The van der Waals surface area contributed by atoms with Gasteiger partial charge in [0.1, 0.15) is 29.9 Å². The SMILES string of the molecule is COc1ccc(C(NC(=O)[C@H](CC(C)C)NC(=O)OCC2c3ccccc3-c3ccccc32)c2ccc(OCC(=O)NC(c3ccc(C)cc3)c3ccc(C)cc3)cc2)c(OC)c1. The van der Waals surface area contributed by atoms with E-state index in [2.05, 4.69) is 40.2 Å². The van der Waals surface area contributed by atoms with Gasteiger partial charge in [0, 0.05) is 17.5 Å². The van der Waals surface area contributed by atoms with Gasteiger partial charge in [-0.3, -0.25) is 9.59 Å². The zero-order valence-corrected chi connectivity index (χ0v) is 36.6. The minimum atomic E-state index is -0.905. The van der Waals surface area contributed by atoms with E-state index < -0.39 is 24.1 Å². The standard InChI is InChI=1S/C53H55N3O7/c1-33(2)29-47(54-53(59)63-31-46-43-13-9-7-11-41(43)42-12-8-10-14-44(42)46)52(58)56-51(45-28-27-40(60-5)30-48(45)61-6)38-23-25-39(26-24-38)62-32-49(57)55-50(36-19-15-34(3)16-20-36)37-21-17-35(4)18-22-37/h7-28,30,33,46-47,50-51H,29,31-32H2,1-6H3,(H,54,59)(H,55,57)(H,56,58)/t47-,51?/m0/s1. The number of carbonyl (C=O) groups is 3. The van der Waals surface area contributed by atoms with Crippen LogP contribution in [0, 0.1) is 19.8 Å². The van der Waals surface area contributed by atoms with Gasteiger partial charge in [0.25, 0.3) is 5.91 Å². The Balaban J connectivity index is 1.06. The van der Waals surface area contributed by atoms with Crippen LogP contribution in [-0.2, 0) is 14.3 Å². The number of aryl methyl sites for hydroxylation is 2. The van der Waals surface area contributed by atoms with E-state index in [1.807, 2.05) is 119 Å². The minimum absolute atomic E-state index is 0.0706. The Hall–Kier alpha value is -7.07. The van der Waals surface area contributed by atoms with Crippen LogP contribution in [0.3, 0.4) is 0 Å². The number of hydrogen-bond donors (Lipinski definition) is 3. The van der Waals surface area contributed by atoms with E-state index in [0.717, 1.165) is 44.5 Å². The lowest BCUT2D eigenvalue weighted by atomic mass is 9.96. The first-order valence-corrected chi connectivity index (χ1v) is 21.3. The fourth-order valence-electron chi connectivity index (χ4n) is 8.11. The van der Waals surface area contributed by atoms with Crippen molar-refractivity contribution in [3.8, 4) is 28.4 Å². The van der Waals surface area contributed by atoms with Crippen LogP contribution in [-0.4, -0.2) is 51.4 Å². The molecule has 0 bridgehead atoms. The lowest BCUT2D eigenvalue weighted by molar-refractivity contribution is -0.124. The molecule has 0 aliphatic heterocycles. The zero-order chi connectivity index (χ0) is 44.5. The molecule has 6 aromatic carbocycles. The summed E-state index contributed by atoms with van der Waals surface area (Å²) < 4.78 is 23.1. The summed E-state index contributed by atoms with van der Waals surface area (Å²) in [5.74, 6) is 0.830. The van der Waals surface area contributed by atoms with Crippen molar-refractivity contribution < 1.29 is 33.3 Å². The first-order valence-electron chi connectivity index (χ1n) is 21.3. The van der Waals surface area contributed by atoms with Crippen molar-refractivity contribution in [2.45, 2.75) is 58.2 Å². The quantitative estimate of drug-likeness (QED) is 0.0836. The fourth-order valence-corrected chi connectivity index (χ4v) is 8.11. The first-order chi connectivity index (χ1) is 30.5. The second kappa shape index (κ2) is 20.2. The summed E-state index contributed by atoms with van der Waals surface area (Å²) in [7, 11) is 3.13. The number of rotatable bonds is 17. The van der Waals surface area contributed by atoms with Gasteiger partial charge in [0.05, 0.1) is 26.3 Å². The van der Waals surface area contributed by atoms with Crippen molar-refractivity contribution >= 4 is 17.9 Å². The average Bonchev–Trinajstić information content (AvgIpc) is 3.62. The van der Waals surface area contributed by atoms with E-state index in [9.17, 15) is 14.4 Å². The highest BCUT2D eigenvalue weighted by molar-refractivity contribution is 5.86. The third kappa shape index (κ3) is 10.7. The van der Waals surface area contributed by atoms with Crippen molar-refractivity contribution in [1.82, 2.24) is 16.0 Å². The van der Waals surface area contributed by atoms with Crippen LogP contribution < -0.4 is 30.2 Å². The zero-order valence-electron chi connectivity index (χ0n) is 36.6. The van der Waals surface area contributed by atoms with E-state index in [1.165, 1.54) is 0 Å². The monoisotopic (exact) mass is 845 g/mol. The summed E-state index contributed by atoms with van der Waals surface area (Å²) in [4.78, 5) is 41.2. The number of hydrogen-bond acceptors (Lipinski definition) is 7. The van der Waals surface area contributed by atoms with Gasteiger partial charge in [-0.1, -0.05) is 134 Å². The molecule has 1 unspecified atom stereocenters. The molecular weight excluding hydrogens is 791 g/mol. The molecular formula is C53H55N3O7. The molecule has 0 aromatic heterocycles. The van der Waals surface area contributed by atoms with Gasteiger partial charge in [-0.25, -0.2) is 4.79 Å². The summed E-state index contributed by atoms with van der Waals surface area (Å²) in [5.41, 5.74) is 10.0. The van der Waals surface area contributed by atoms with Crippen molar-refractivity contribution in [2.24, 2.45) is 5.92 Å². The van der Waals surface area contributed by atoms with Crippen molar-refractivity contribution in [3.05, 3.63) is 184 Å². The van der Waals surface area contributed by atoms with Crippen LogP contribution in [0.1, 0.15) is 82.8 Å². The van der Waals surface area contributed by atoms with Crippen molar-refractivity contribution in [3.63, 3.8) is 0 Å². The third-order valence-electron chi connectivity index (χ3n) is 11.4. The van der Waals surface area contributed by atoms with Crippen LogP contribution >= 0.6 is 0 Å². The largest absolute Gasteiger partial charge is 0.497 e. The molecule has 10 heteroatoms. The molecule has 3 N–H and O–H groups in total. The highest BCUT2D eigenvalue weighted by Gasteiger charge is 2.31. The highest BCUT2D eigenvalue weighted by Crippen LogP contribution is 2.44. The molecule has 324 valence electrons. The van der Waals surface area contributed by atoms with E-state index in [-0.39, 0.29) is 37.0 Å². The summed E-state index contributed by atoms with van der Waals surface area (Å²) in [6.45, 7) is 7.96. The number of amides is 3. The molecule has 7 rings (SSSR count). The molecule has 63 heavy (non-hydrogen) atoms. The number of benzene rings is 6. The van der Waals surface area contributed by atoms with E-state index >= 15 is 0 Å². The maximum absolute atomic E-state index is 14.3. The topological polar surface area (TPSA) is 124 Å². The van der Waals surface area contributed by atoms with E-state index in [0.29, 0.717) is 34.8 Å². The van der Waals surface area contributed by atoms with Gasteiger partial charge >= 0.3 is 6.09 Å². The van der Waals surface area contributed by atoms with Gasteiger partial charge in [0.2, 0.25) is 5.91 Å². The average molecular weight is 846 g/mol. The molecule has 0 heterocycles. The molecule has 1 aliphatic carbocycles. The second-order valence-electron chi connectivity index (χ2n) is 16.4. The van der Waals surface area contributed by atoms with Crippen molar-refractivity contribution in [1.29, 1.82) is 0 Å². The Morgan fingerprint density at radius 3 is 1.70 bits per heavy atom. The van der Waals surface area contributed by atoms with Gasteiger partial charge in [-0.15, -0.1) is 0 Å². The Bertz CT molecular complexity index is 2430. The van der Waals surface area contributed by atoms with Crippen molar-refractivity contribution in [2.75, 3.05) is 27.4 Å². The predicted octanol–water partition coefficient (Wildman–Crippen LogP) is 9.76. The molecule has 6 aromatic rings. The summed E-state index contributed by atoms with van der Waals surface area (Å²) >= 11 is 0. The number of alkyl carbamates (subject to hydrolysis) is 1. The number of ether oxygens (including phenoxy) is 4. The molecule has 0 saturated heterocycles. The lowest BCUT2D eigenvalue weighted by Crippen LogP contribution is -2.48. The van der Waals surface area contributed by atoms with Crippen LogP contribution in [0.5, 0.6) is 17.2 Å². The fraction of sp³-hybridized carbons (Fsp3) is 0.264. The second-order valence-corrected chi connectivity index (χ2v) is 16.4. The molecule has 10 nitrogen and oxygen atoms in total. The molecule has 0 radical (unpaired) electrons. The Kier molecular flexibility index (Phi) is 14.1. The Labute approximate surface area is 370 Å². The van der Waals surface area contributed by atoms with Crippen LogP contribution in [0.2, 0.25) is 0 Å². The molecule has 3 amide bonds. The molecule has 0 fully saturated rings. The minimum Gasteiger partial charge on any atom is -0.497 e. The van der Waals surface area contributed by atoms with Gasteiger partial charge in [0.15, 0.2) is 6.61 Å². The summed E-state index contributed by atoms with van der Waals surface area (Å²) in [6, 6.07) is 43.1. The molecule has 0 spiro atoms. The number of carbonyl (C=O) groups excluding carboxylic acids is 3. The number of fused-ring (bicyclic) bond motifs is 3. The number of methoxy groups -OCH3 is 2. The maximum atomic E-state index is 14.3. The first kappa shape index (κ1) is 44.0. The third-order valence-corrected chi connectivity index (χ3v) is 11.4. The Morgan fingerprint density at radius 2 is 1.14 bits per heavy atom. The van der Waals surface area contributed by atoms with Gasteiger partial charge in [-0.05, 0) is 89.4 Å². The van der Waals surface area contributed by atoms with Crippen LogP contribution in [0.15, 0.2) is 140 Å². The van der Waals surface area contributed by atoms with Crippen LogP contribution in [0.4, 0.5) is 4.79 Å². The summed E-state index contributed by atoms with van der Waals surface area (Å²) in [6.07, 6.45) is -0.308. The smallest absolute Gasteiger partial charge is 0.407 e. The molecule has 2 atom stereocenters. The predicted molar refractivity (Wildman–Crippen MR) is 245 cm³/mol. The molecule has 1 aliphatic rings. The lowest BCUT2D eigenvalue weighted by Gasteiger charge is -2.26. The Morgan fingerprint density at radius 1 is 0.603 bits per heavy atom. The highest BCUT2D eigenvalue weighted by atomic mass is 16.5. The van der Waals surface area contributed by atoms with E-state index in [4.69, 9.17) is 18.9 Å². The van der Waals surface area contributed by atoms with Gasteiger partial charge < -0.3 is 34.9 Å². The normalized spacial score (nSPS) is 12.8. The van der Waals surface area contributed by atoms with E-state index in [1.54, 1.807) is 38.5 Å². The van der Waals surface area contributed by atoms with Crippen LogP contribution in [0.25, 0.3) is 11.1 Å². The maximum Gasteiger partial charge on any atom is 0.407 e. The number of nitrogens with one attached hydrogen (secondary N) is 3.